The molecule has 0 spiro atoms. The third kappa shape index (κ3) is 3.22. The molecule has 7 nitrogen and oxygen atoms in total. The van der Waals surface area contributed by atoms with Gasteiger partial charge in [-0.3, -0.25) is 0 Å². The highest BCUT2D eigenvalue weighted by Crippen LogP contribution is 2.48. The summed E-state index contributed by atoms with van der Waals surface area (Å²) in [4.78, 5) is 16.9. The molecule has 1 unspecified atom stereocenters. The molecular weight excluding hydrogens is 360 g/mol. The number of carbonyl (C=O) groups excluding carboxylic acids is 1. The number of nitrogens with zero attached hydrogens (tertiary/aromatic N) is 2. The highest BCUT2D eigenvalue weighted by Gasteiger charge is 2.40. The van der Waals surface area contributed by atoms with Crippen molar-refractivity contribution >= 4 is 11.6 Å². The Labute approximate surface area is 165 Å². The predicted octanol–water partition coefficient (Wildman–Crippen LogP) is 2.30. The molecule has 2 amide bonds. The average Bonchev–Trinajstić information content (AvgIpc) is 2.84. The second-order valence-corrected chi connectivity index (χ2v) is 8.21. The molecule has 3 heterocycles. The van der Waals surface area contributed by atoms with Crippen LogP contribution in [0.25, 0.3) is 5.57 Å². The number of benzene rings is 1. The van der Waals surface area contributed by atoms with E-state index in [9.17, 15) is 9.90 Å². The fraction of sp³-hybridized carbons (Fsp3) is 0.571. The number of aliphatic hydroxyl groups excluding tert-OH is 1. The van der Waals surface area contributed by atoms with Gasteiger partial charge in [-0.2, -0.15) is 0 Å². The predicted molar refractivity (Wildman–Crippen MR) is 105 cm³/mol. The molecule has 4 rings (SSSR count). The highest BCUT2D eigenvalue weighted by atomic mass is 16.5. The second kappa shape index (κ2) is 7.29. The Bertz CT molecular complexity index is 798. The third-order valence-corrected chi connectivity index (χ3v) is 5.62. The van der Waals surface area contributed by atoms with Crippen molar-refractivity contribution in [3.8, 4) is 11.5 Å². The fourth-order valence-electron chi connectivity index (χ4n) is 4.29. The highest BCUT2D eigenvalue weighted by molar-refractivity contribution is 5.85. The van der Waals surface area contributed by atoms with Crippen LogP contribution in [0.5, 0.6) is 11.5 Å². The summed E-state index contributed by atoms with van der Waals surface area (Å²) in [7, 11) is 1.61. The summed E-state index contributed by atoms with van der Waals surface area (Å²) in [6.45, 7) is 7.24. The zero-order valence-electron chi connectivity index (χ0n) is 16.7. The molecule has 0 saturated carbocycles. The summed E-state index contributed by atoms with van der Waals surface area (Å²) in [6.07, 6.45) is 2.19. The SMILES string of the molecule is COc1ccc2c3c1C(CO)N(C(=O)N1CCOCC1)CC3=CC(C)(C)CO2. The molecule has 0 aromatic heterocycles. The number of rotatable bonds is 2. The minimum atomic E-state index is -0.484. The van der Waals surface area contributed by atoms with Crippen LogP contribution in [0.3, 0.4) is 0 Å². The molecule has 0 bridgehead atoms. The first kappa shape index (κ1) is 19.1. The average molecular weight is 388 g/mol. The van der Waals surface area contributed by atoms with Crippen LogP contribution in [0.4, 0.5) is 4.79 Å². The van der Waals surface area contributed by atoms with Gasteiger partial charge in [-0.25, -0.2) is 4.79 Å². The van der Waals surface area contributed by atoms with E-state index in [1.165, 1.54) is 0 Å². The van der Waals surface area contributed by atoms with E-state index >= 15 is 0 Å². The molecule has 3 aliphatic heterocycles. The largest absolute Gasteiger partial charge is 0.496 e. The van der Waals surface area contributed by atoms with E-state index in [-0.39, 0.29) is 18.1 Å². The number of carbonyl (C=O) groups is 1. The van der Waals surface area contributed by atoms with Gasteiger partial charge in [0, 0.05) is 36.2 Å². The van der Waals surface area contributed by atoms with Crippen molar-refractivity contribution < 1.29 is 24.1 Å². The zero-order valence-corrected chi connectivity index (χ0v) is 16.7. The normalized spacial score (nSPS) is 23.3. The molecule has 1 atom stereocenters. The Morgan fingerprint density at radius 3 is 2.75 bits per heavy atom. The maximum atomic E-state index is 13.3. The van der Waals surface area contributed by atoms with E-state index in [0.717, 1.165) is 22.4 Å². The first-order valence-corrected chi connectivity index (χ1v) is 9.75. The maximum absolute atomic E-state index is 13.3. The minimum Gasteiger partial charge on any atom is -0.496 e. The van der Waals surface area contributed by atoms with E-state index in [4.69, 9.17) is 14.2 Å². The Hall–Kier alpha value is -2.25. The van der Waals surface area contributed by atoms with Gasteiger partial charge < -0.3 is 29.1 Å². The maximum Gasteiger partial charge on any atom is 0.321 e. The number of methoxy groups -OCH3 is 1. The molecule has 1 aromatic rings. The molecule has 0 radical (unpaired) electrons. The number of hydrogen-bond acceptors (Lipinski definition) is 5. The van der Waals surface area contributed by atoms with Crippen molar-refractivity contribution in [3.63, 3.8) is 0 Å². The third-order valence-electron chi connectivity index (χ3n) is 5.62. The van der Waals surface area contributed by atoms with Crippen LogP contribution in [0.15, 0.2) is 18.2 Å². The van der Waals surface area contributed by atoms with Gasteiger partial charge in [-0.1, -0.05) is 19.9 Å². The first-order chi connectivity index (χ1) is 13.4. The molecule has 1 fully saturated rings. The summed E-state index contributed by atoms with van der Waals surface area (Å²) in [5.41, 5.74) is 2.64. The van der Waals surface area contributed by atoms with E-state index in [1.54, 1.807) is 16.9 Å². The van der Waals surface area contributed by atoms with Crippen molar-refractivity contribution in [1.29, 1.82) is 0 Å². The number of hydrogen-bond donors (Lipinski definition) is 1. The van der Waals surface area contributed by atoms with Gasteiger partial charge in [0.15, 0.2) is 0 Å². The first-order valence-electron chi connectivity index (χ1n) is 9.75. The Morgan fingerprint density at radius 1 is 1.32 bits per heavy atom. The zero-order chi connectivity index (χ0) is 19.9. The van der Waals surface area contributed by atoms with Crippen LogP contribution < -0.4 is 9.47 Å². The number of amides is 2. The van der Waals surface area contributed by atoms with Gasteiger partial charge in [0.25, 0.3) is 0 Å². The van der Waals surface area contributed by atoms with Crippen LogP contribution >= 0.6 is 0 Å². The lowest BCUT2D eigenvalue weighted by atomic mass is 9.84. The Kier molecular flexibility index (Phi) is 4.97. The summed E-state index contributed by atoms with van der Waals surface area (Å²) in [5.74, 6) is 1.44. The quantitative estimate of drug-likeness (QED) is 0.842. The van der Waals surface area contributed by atoms with Crippen LogP contribution in [0, 0.1) is 5.41 Å². The number of ether oxygens (including phenoxy) is 3. The molecule has 1 aromatic carbocycles. The van der Waals surface area contributed by atoms with E-state index in [0.29, 0.717) is 45.2 Å². The van der Waals surface area contributed by atoms with Crippen molar-refractivity contribution in [1.82, 2.24) is 9.80 Å². The summed E-state index contributed by atoms with van der Waals surface area (Å²) < 4.78 is 17.1. The molecule has 152 valence electrons. The molecular formula is C21H28N2O5. The van der Waals surface area contributed by atoms with Crippen molar-refractivity contribution in [3.05, 3.63) is 29.3 Å². The van der Waals surface area contributed by atoms with Crippen LogP contribution in [-0.2, 0) is 4.74 Å². The Morgan fingerprint density at radius 2 is 2.07 bits per heavy atom. The topological polar surface area (TPSA) is 71.5 Å². The number of urea groups is 1. The molecule has 1 N–H and O–H groups in total. The molecule has 0 aliphatic carbocycles. The van der Waals surface area contributed by atoms with Crippen molar-refractivity contribution in [2.75, 3.05) is 53.2 Å². The fourth-order valence-corrected chi connectivity index (χ4v) is 4.29. The second-order valence-electron chi connectivity index (χ2n) is 8.21. The van der Waals surface area contributed by atoms with Gasteiger partial charge in [0.2, 0.25) is 0 Å². The van der Waals surface area contributed by atoms with E-state index in [1.807, 2.05) is 12.1 Å². The monoisotopic (exact) mass is 388 g/mol. The van der Waals surface area contributed by atoms with Crippen LogP contribution in [0.1, 0.15) is 31.0 Å². The molecule has 3 aliphatic rings. The smallest absolute Gasteiger partial charge is 0.321 e. The lowest BCUT2D eigenvalue weighted by Crippen LogP contribution is -2.51. The van der Waals surface area contributed by atoms with Gasteiger partial charge in [-0.05, 0) is 17.7 Å². The van der Waals surface area contributed by atoms with E-state index in [2.05, 4.69) is 19.9 Å². The van der Waals surface area contributed by atoms with Gasteiger partial charge in [0.05, 0.1) is 39.6 Å². The minimum absolute atomic E-state index is 0.0793. The van der Waals surface area contributed by atoms with Crippen LogP contribution in [0.2, 0.25) is 0 Å². The number of aliphatic hydroxyl groups is 1. The lowest BCUT2D eigenvalue weighted by Gasteiger charge is -2.41. The standard InChI is InChI=1S/C21H28N2O5/c1-21(2)10-14-11-23(20(25)22-6-8-27-9-7-22)15(12-24)19-16(26-3)4-5-17(18(14)19)28-13-21/h4-5,10,15,24H,6-9,11-13H2,1-3H3. The molecule has 1 saturated heterocycles. The number of morpholine rings is 1. The van der Waals surface area contributed by atoms with E-state index < -0.39 is 6.04 Å². The van der Waals surface area contributed by atoms with Gasteiger partial charge >= 0.3 is 6.03 Å². The summed E-state index contributed by atoms with van der Waals surface area (Å²) in [5, 5.41) is 10.3. The summed E-state index contributed by atoms with van der Waals surface area (Å²) in [6, 6.07) is 3.21. The molecule has 7 heteroatoms. The van der Waals surface area contributed by atoms with Crippen LogP contribution in [-0.4, -0.2) is 74.1 Å². The summed E-state index contributed by atoms with van der Waals surface area (Å²) >= 11 is 0. The lowest BCUT2D eigenvalue weighted by molar-refractivity contribution is 0.0361. The molecule has 28 heavy (non-hydrogen) atoms. The Balaban J connectivity index is 1.83. The van der Waals surface area contributed by atoms with Gasteiger partial charge in [-0.15, -0.1) is 0 Å². The van der Waals surface area contributed by atoms with Gasteiger partial charge in [0.1, 0.15) is 11.5 Å². The van der Waals surface area contributed by atoms with Crippen molar-refractivity contribution in [2.45, 2.75) is 19.9 Å². The van der Waals surface area contributed by atoms with Crippen molar-refractivity contribution in [2.24, 2.45) is 5.41 Å².